The second-order valence-corrected chi connectivity index (χ2v) is 5.03. The molecule has 0 fully saturated rings. The number of fused-ring (bicyclic) bond motifs is 1. The van der Waals surface area contributed by atoms with Crippen molar-refractivity contribution in [2.75, 3.05) is 0 Å². The second-order valence-electron chi connectivity index (χ2n) is 2.87. The predicted octanol–water partition coefficient (Wildman–Crippen LogP) is 3.52. The molecule has 0 aliphatic carbocycles. The zero-order valence-electron chi connectivity index (χ0n) is 7.75. The fourth-order valence-corrected chi connectivity index (χ4v) is 2.11. The van der Waals surface area contributed by atoms with Gasteiger partial charge in [-0.3, -0.25) is 0 Å². The Morgan fingerprint density at radius 1 is 1.12 bits per heavy atom. The first-order valence-corrected chi connectivity index (χ1v) is 6.23. The van der Waals surface area contributed by atoms with Crippen molar-refractivity contribution >= 4 is 42.5 Å². The Morgan fingerprint density at radius 2 is 1.81 bits per heavy atom. The van der Waals surface area contributed by atoms with Crippen molar-refractivity contribution in [1.82, 2.24) is 4.73 Å². The lowest BCUT2D eigenvalue weighted by Gasteiger charge is -2.11. The molecule has 0 atom stereocenters. The molecule has 0 aliphatic rings. The molecule has 5 nitrogen and oxygen atoms in total. The van der Waals surface area contributed by atoms with E-state index in [1.54, 1.807) is 24.4 Å². The molecular formula is C8H6Cl2NO4P. The number of aromatic nitrogens is 1. The first kappa shape index (κ1) is 11.8. The number of phosphoric acid groups is 1. The Morgan fingerprint density at radius 3 is 2.50 bits per heavy atom. The average molecular weight is 282 g/mol. The van der Waals surface area contributed by atoms with Crippen LogP contribution in [0.5, 0.6) is 0 Å². The SMILES string of the molecule is O=P(OCl)(OCl)On1ccc2ccccc21. The monoisotopic (exact) mass is 281 g/mol. The lowest BCUT2D eigenvalue weighted by molar-refractivity contribution is 0.205. The molecule has 0 N–H and O–H groups in total. The molecule has 0 saturated carbocycles. The van der Waals surface area contributed by atoms with E-state index in [9.17, 15) is 4.57 Å². The van der Waals surface area contributed by atoms with Gasteiger partial charge in [-0.15, -0.1) is 0 Å². The molecule has 1 aromatic heterocycles. The van der Waals surface area contributed by atoms with E-state index in [0.717, 1.165) is 5.39 Å². The fraction of sp³-hybridized carbons (Fsp3) is 0. The summed E-state index contributed by atoms with van der Waals surface area (Å²) in [6.45, 7) is 0. The summed E-state index contributed by atoms with van der Waals surface area (Å²) in [7, 11) is -3.98. The summed E-state index contributed by atoms with van der Waals surface area (Å²) in [5.41, 5.74) is 0.685. The molecule has 1 aromatic carbocycles. The number of hydrogen-bond acceptors (Lipinski definition) is 4. The lowest BCUT2D eigenvalue weighted by atomic mass is 10.3. The summed E-state index contributed by atoms with van der Waals surface area (Å²) in [6, 6.07) is 9.06. The van der Waals surface area contributed by atoms with Crippen LogP contribution in [0, 0.1) is 0 Å². The molecule has 0 spiro atoms. The van der Waals surface area contributed by atoms with Gasteiger partial charge in [-0.05, 0) is 12.1 Å². The zero-order valence-corrected chi connectivity index (χ0v) is 10.2. The van der Waals surface area contributed by atoms with Crippen LogP contribution in [0.25, 0.3) is 10.9 Å². The highest BCUT2D eigenvalue weighted by atomic mass is 35.5. The highest BCUT2D eigenvalue weighted by Crippen LogP contribution is 2.48. The molecule has 8 heteroatoms. The molecule has 0 radical (unpaired) electrons. The fourth-order valence-electron chi connectivity index (χ4n) is 1.27. The van der Waals surface area contributed by atoms with Gasteiger partial charge in [0.2, 0.25) is 0 Å². The molecule has 0 bridgehead atoms. The van der Waals surface area contributed by atoms with Gasteiger partial charge in [-0.2, -0.15) is 12.9 Å². The number of benzene rings is 1. The summed E-state index contributed by atoms with van der Waals surface area (Å²) < 4.78 is 25.7. The van der Waals surface area contributed by atoms with E-state index in [0.29, 0.717) is 5.52 Å². The summed E-state index contributed by atoms with van der Waals surface area (Å²) >= 11 is 9.93. The van der Waals surface area contributed by atoms with Crippen molar-refractivity contribution in [2.45, 2.75) is 0 Å². The van der Waals surface area contributed by atoms with Crippen LogP contribution >= 0.6 is 31.6 Å². The molecule has 0 unspecified atom stereocenters. The van der Waals surface area contributed by atoms with E-state index < -0.39 is 7.82 Å². The Kier molecular flexibility index (Phi) is 3.42. The molecule has 1 heterocycles. The summed E-state index contributed by atoms with van der Waals surface area (Å²) in [5.74, 6) is 0. The first-order chi connectivity index (χ1) is 7.68. The van der Waals surface area contributed by atoms with Crippen molar-refractivity contribution < 1.29 is 17.3 Å². The van der Waals surface area contributed by atoms with E-state index >= 15 is 0 Å². The minimum absolute atomic E-state index is 0.685. The van der Waals surface area contributed by atoms with E-state index in [1.165, 1.54) is 4.73 Å². The third kappa shape index (κ3) is 2.19. The van der Waals surface area contributed by atoms with Gasteiger partial charge >= 0.3 is 7.82 Å². The van der Waals surface area contributed by atoms with Gasteiger partial charge in [0.1, 0.15) is 0 Å². The average Bonchev–Trinajstić information content (AvgIpc) is 2.73. The van der Waals surface area contributed by atoms with Crippen molar-refractivity contribution in [3.8, 4) is 0 Å². The van der Waals surface area contributed by atoms with Gasteiger partial charge in [-0.25, -0.2) is 4.57 Å². The van der Waals surface area contributed by atoms with Gasteiger partial charge < -0.3 is 4.62 Å². The summed E-state index contributed by atoms with van der Waals surface area (Å²) in [4.78, 5) is 0. The zero-order chi connectivity index (χ0) is 11.6. The number of nitrogens with zero attached hydrogens (tertiary/aromatic N) is 1. The maximum absolute atomic E-state index is 11.5. The van der Waals surface area contributed by atoms with Crippen LogP contribution in [0.15, 0.2) is 36.5 Å². The second kappa shape index (κ2) is 4.65. The maximum Gasteiger partial charge on any atom is 0.582 e. The van der Waals surface area contributed by atoms with Gasteiger partial charge in [-0.1, -0.05) is 18.2 Å². The minimum atomic E-state index is -3.98. The van der Waals surface area contributed by atoms with Crippen LogP contribution in [0.3, 0.4) is 0 Å². The van der Waals surface area contributed by atoms with E-state index in [-0.39, 0.29) is 0 Å². The van der Waals surface area contributed by atoms with Crippen LogP contribution in [0.4, 0.5) is 0 Å². The number of hydrogen-bond donors (Lipinski definition) is 0. The Bertz CT molecular complexity index is 536. The molecule has 86 valence electrons. The Labute approximate surface area is 101 Å². The maximum atomic E-state index is 11.5. The molecule has 16 heavy (non-hydrogen) atoms. The van der Waals surface area contributed by atoms with Crippen LogP contribution in [-0.2, 0) is 12.7 Å². The normalized spacial score (nSPS) is 11.9. The smallest absolute Gasteiger partial charge is 0.309 e. The molecule has 0 amide bonds. The van der Waals surface area contributed by atoms with E-state index in [2.05, 4.69) is 8.15 Å². The highest BCUT2D eigenvalue weighted by Gasteiger charge is 2.30. The quantitative estimate of drug-likeness (QED) is 0.805. The molecule has 0 aliphatic heterocycles. The van der Waals surface area contributed by atoms with E-state index in [1.807, 2.05) is 12.1 Å². The van der Waals surface area contributed by atoms with E-state index in [4.69, 9.17) is 28.4 Å². The van der Waals surface area contributed by atoms with Crippen LogP contribution in [0.1, 0.15) is 0 Å². The summed E-state index contributed by atoms with van der Waals surface area (Å²) in [5, 5.41) is 0.901. The number of para-hydroxylation sites is 1. The van der Waals surface area contributed by atoms with Gasteiger partial charge in [0, 0.05) is 11.6 Å². The minimum Gasteiger partial charge on any atom is -0.309 e. The van der Waals surface area contributed by atoms with Gasteiger partial charge in [0.25, 0.3) is 0 Å². The van der Waals surface area contributed by atoms with Crippen molar-refractivity contribution in [3.63, 3.8) is 0 Å². The molecular weight excluding hydrogens is 276 g/mol. The Hall–Kier alpha value is -0.710. The van der Waals surface area contributed by atoms with Crippen molar-refractivity contribution in [1.29, 1.82) is 0 Å². The van der Waals surface area contributed by atoms with Crippen molar-refractivity contribution in [3.05, 3.63) is 36.5 Å². The van der Waals surface area contributed by atoms with Crippen LogP contribution in [0.2, 0.25) is 0 Å². The lowest BCUT2D eigenvalue weighted by Crippen LogP contribution is -2.07. The number of halogens is 2. The topological polar surface area (TPSA) is 49.7 Å². The van der Waals surface area contributed by atoms with Crippen LogP contribution < -0.4 is 4.62 Å². The van der Waals surface area contributed by atoms with Crippen molar-refractivity contribution in [2.24, 2.45) is 0 Å². The van der Waals surface area contributed by atoms with Gasteiger partial charge in [0.15, 0.2) is 0 Å². The van der Waals surface area contributed by atoms with Gasteiger partial charge in [0.05, 0.1) is 29.2 Å². The standard InChI is InChI=1S/C8H6Cl2NO4P/c9-13-16(12,14-10)15-11-6-5-7-3-1-2-4-8(7)11/h1-6H. The molecule has 2 rings (SSSR count). The largest absolute Gasteiger partial charge is 0.582 e. The van der Waals surface area contributed by atoms with Crippen LogP contribution in [-0.4, -0.2) is 4.73 Å². The number of rotatable bonds is 4. The molecule has 0 saturated heterocycles. The third-order valence-corrected chi connectivity index (χ3v) is 3.65. The molecule has 2 aromatic rings. The summed E-state index contributed by atoms with van der Waals surface area (Å²) in [6.07, 6.45) is 1.54. The third-order valence-electron chi connectivity index (χ3n) is 1.92. The first-order valence-electron chi connectivity index (χ1n) is 4.15. The predicted molar refractivity (Wildman–Crippen MR) is 60.0 cm³/mol. The highest BCUT2D eigenvalue weighted by molar-refractivity contribution is 7.50. The Balaban J connectivity index is 2.38.